The smallest absolute Gasteiger partial charge is 0.294 e. The third-order valence-corrected chi connectivity index (χ3v) is 6.00. The topological polar surface area (TPSA) is 97.1 Å². The molecule has 0 unspecified atom stereocenters. The zero-order valence-electron chi connectivity index (χ0n) is 20.0. The fraction of sp³-hybridized carbons (Fsp3) is 0.542. The monoisotopic (exact) mass is 458 g/mol. The van der Waals surface area contributed by atoms with Crippen molar-refractivity contribution in [3.05, 3.63) is 41.8 Å². The van der Waals surface area contributed by atoms with E-state index in [0.717, 1.165) is 19.5 Å². The van der Waals surface area contributed by atoms with Gasteiger partial charge in [0.05, 0.1) is 17.9 Å². The Hall–Kier alpha value is -2.91. The Morgan fingerprint density at radius 2 is 2.06 bits per heavy atom. The van der Waals surface area contributed by atoms with E-state index in [1.54, 1.807) is 37.3 Å². The Morgan fingerprint density at radius 1 is 1.27 bits per heavy atom. The Balaban J connectivity index is 1.91. The second kappa shape index (κ2) is 11.3. The Labute approximate surface area is 195 Å². The number of aromatic nitrogens is 1. The first kappa shape index (κ1) is 24.7. The lowest BCUT2D eigenvalue weighted by Gasteiger charge is -2.35. The number of methoxy groups -OCH3 is 1. The standard InChI is InChI=1S/C24H34N4O5/c1-6-11-28-13-16(2)22(31-5)14-27(4)24(30)19-12-18(7-8-20(19)32-15-17(28)3)26-23(29)21-9-10-25-33-21/h7-10,12,16-17,22H,6,11,13-15H2,1-5H3,(H,26,29)/t16-,17-,22-/m1/s1. The van der Waals surface area contributed by atoms with E-state index >= 15 is 0 Å². The van der Waals surface area contributed by atoms with Gasteiger partial charge < -0.3 is 24.2 Å². The van der Waals surface area contributed by atoms with E-state index in [-0.39, 0.29) is 29.7 Å². The summed E-state index contributed by atoms with van der Waals surface area (Å²) in [5.41, 5.74) is 0.843. The first-order chi connectivity index (χ1) is 15.8. The number of rotatable bonds is 5. The van der Waals surface area contributed by atoms with Gasteiger partial charge in [-0.15, -0.1) is 0 Å². The quantitative estimate of drug-likeness (QED) is 0.735. The van der Waals surface area contributed by atoms with Crippen molar-refractivity contribution in [2.45, 2.75) is 39.3 Å². The largest absolute Gasteiger partial charge is 0.491 e. The lowest BCUT2D eigenvalue weighted by molar-refractivity contribution is 0.0108. The minimum absolute atomic E-state index is 0.0872. The van der Waals surface area contributed by atoms with Crippen molar-refractivity contribution < 1.29 is 23.6 Å². The van der Waals surface area contributed by atoms with Crippen LogP contribution in [0.5, 0.6) is 5.75 Å². The number of nitrogens with one attached hydrogen (secondary N) is 1. The van der Waals surface area contributed by atoms with E-state index in [1.807, 2.05) is 0 Å². The molecule has 0 saturated heterocycles. The number of hydrogen-bond donors (Lipinski definition) is 1. The maximum atomic E-state index is 13.4. The van der Waals surface area contributed by atoms with Gasteiger partial charge in [0.25, 0.3) is 11.8 Å². The second-order valence-electron chi connectivity index (χ2n) is 8.63. The summed E-state index contributed by atoms with van der Waals surface area (Å²) >= 11 is 0. The highest BCUT2D eigenvalue weighted by Crippen LogP contribution is 2.26. The first-order valence-corrected chi connectivity index (χ1v) is 11.3. The van der Waals surface area contributed by atoms with Crippen LogP contribution >= 0.6 is 0 Å². The lowest BCUT2D eigenvalue weighted by Crippen LogP contribution is -2.46. The molecule has 3 rings (SSSR count). The van der Waals surface area contributed by atoms with Crippen LogP contribution in [0.1, 0.15) is 48.1 Å². The summed E-state index contributed by atoms with van der Waals surface area (Å²) < 4.78 is 16.8. The zero-order chi connectivity index (χ0) is 24.0. The molecule has 2 heterocycles. The van der Waals surface area contributed by atoms with Crippen LogP contribution in [0, 0.1) is 5.92 Å². The molecule has 0 saturated carbocycles. The summed E-state index contributed by atoms with van der Waals surface area (Å²) in [7, 11) is 3.44. The van der Waals surface area contributed by atoms with Crippen molar-refractivity contribution in [1.82, 2.24) is 15.0 Å². The number of ether oxygens (including phenoxy) is 2. The molecular weight excluding hydrogens is 424 g/mol. The summed E-state index contributed by atoms with van der Waals surface area (Å²) in [6.07, 6.45) is 2.33. The fourth-order valence-corrected chi connectivity index (χ4v) is 4.05. The molecule has 1 aromatic heterocycles. The molecule has 2 amide bonds. The lowest BCUT2D eigenvalue weighted by atomic mass is 10.0. The van der Waals surface area contributed by atoms with Crippen molar-refractivity contribution in [2.24, 2.45) is 5.92 Å². The average Bonchev–Trinajstić information content (AvgIpc) is 3.35. The summed E-state index contributed by atoms with van der Waals surface area (Å²) in [5, 5.41) is 6.29. The molecule has 2 aromatic rings. The number of fused-ring (bicyclic) bond motifs is 1. The first-order valence-electron chi connectivity index (χ1n) is 11.3. The van der Waals surface area contributed by atoms with Gasteiger partial charge in [-0.1, -0.05) is 19.0 Å². The molecule has 3 atom stereocenters. The molecule has 9 nitrogen and oxygen atoms in total. The van der Waals surface area contributed by atoms with Crippen LogP contribution in [0.4, 0.5) is 5.69 Å². The van der Waals surface area contributed by atoms with Crippen LogP contribution in [0.3, 0.4) is 0 Å². The molecule has 9 heteroatoms. The summed E-state index contributed by atoms with van der Waals surface area (Å²) in [5.74, 6) is 0.151. The van der Waals surface area contributed by atoms with Gasteiger partial charge in [-0.05, 0) is 44.0 Å². The molecule has 0 fully saturated rings. The van der Waals surface area contributed by atoms with Crippen molar-refractivity contribution in [3.8, 4) is 5.75 Å². The minimum atomic E-state index is -0.445. The van der Waals surface area contributed by atoms with Crippen LogP contribution in [0.25, 0.3) is 0 Å². The van der Waals surface area contributed by atoms with Crippen LogP contribution in [-0.2, 0) is 4.74 Å². The van der Waals surface area contributed by atoms with Crippen molar-refractivity contribution in [2.75, 3.05) is 45.7 Å². The molecule has 0 aliphatic carbocycles. The highest BCUT2D eigenvalue weighted by atomic mass is 16.5. The van der Waals surface area contributed by atoms with Gasteiger partial charge in [0.15, 0.2) is 0 Å². The SMILES string of the molecule is CCCN1C[C@@H](C)[C@H](OC)CN(C)C(=O)c2cc(NC(=O)c3ccno3)ccc2OC[C@H]1C. The normalized spacial score (nSPS) is 22.6. The molecule has 1 aromatic carbocycles. The van der Waals surface area contributed by atoms with Gasteiger partial charge in [0, 0.05) is 45.0 Å². The molecule has 0 spiro atoms. The van der Waals surface area contributed by atoms with E-state index in [1.165, 1.54) is 12.3 Å². The summed E-state index contributed by atoms with van der Waals surface area (Å²) in [6, 6.07) is 6.70. The molecule has 0 radical (unpaired) electrons. The summed E-state index contributed by atoms with van der Waals surface area (Å²) in [4.78, 5) is 29.8. The number of likely N-dealkylation sites (N-methyl/N-ethyl adjacent to an activating group) is 1. The van der Waals surface area contributed by atoms with Crippen LogP contribution in [0.2, 0.25) is 0 Å². The van der Waals surface area contributed by atoms with E-state index in [0.29, 0.717) is 30.2 Å². The maximum absolute atomic E-state index is 13.4. The minimum Gasteiger partial charge on any atom is -0.491 e. The van der Waals surface area contributed by atoms with E-state index in [4.69, 9.17) is 14.0 Å². The number of hydrogen-bond acceptors (Lipinski definition) is 7. The number of anilines is 1. The van der Waals surface area contributed by atoms with Crippen molar-refractivity contribution >= 4 is 17.5 Å². The number of benzene rings is 1. The number of carbonyl (C=O) groups is 2. The van der Waals surface area contributed by atoms with Crippen LogP contribution in [-0.4, -0.2) is 79.3 Å². The fourth-order valence-electron chi connectivity index (χ4n) is 4.05. The molecule has 1 aliphatic rings. The third kappa shape index (κ3) is 6.11. The van der Waals surface area contributed by atoms with E-state index < -0.39 is 5.91 Å². The molecule has 1 N–H and O–H groups in total. The molecule has 1 aliphatic heterocycles. The van der Waals surface area contributed by atoms with E-state index in [9.17, 15) is 9.59 Å². The predicted octanol–water partition coefficient (Wildman–Crippen LogP) is 3.14. The van der Waals surface area contributed by atoms with Gasteiger partial charge in [-0.2, -0.15) is 0 Å². The number of carbonyl (C=O) groups excluding carboxylic acids is 2. The Kier molecular flexibility index (Phi) is 8.46. The second-order valence-corrected chi connectivity index (χ2v) is 8.63. The predicted molar refractivity (Wildman–Crippen MR) is 125 cm³/mol. The van der Waals surface area contributed by atoms with Crippen LogP contribution < -0.4 is 10.1 Å². The molecular formula is C24H34N4O5. The van der Waals surface area contributed by atoms with Gasteiger partial charge in [0.1, 0.15) is 12.4 Å². The highest BCUT2D eigenvalue weighted by Gasteiger charge is 2.28. The van der Waals surface area contributed by atoms with Crippen molar-refractivity contribution in [3.63, 3.8) is 0 Å². The van der Waals surface area contributed by atoms with E-state index in [2.05, 4.69) is 36.1 Å². The van der Waals surface area contributed by atoms with Gasteiger partial charge >= 0.3 is 0 Å². The molecule has 0 bridgehead atoms. The Morgan fingerprint density at radius 3 is 2.73 bits per heavy atom. The highest BCUT2D eigenvalue weighted by molar-refractivity contribution is 6.04. The molecule has 33 heavy (non-hydrogen) atoms. The van der Waals surface area contributed by atoms with Gasteiger partial charge in [-0.3, -0.25) is 14.5 Å². The third-order valence-electron chi connectivity index (χ3n) is 6.00. The average molecular weight is 459 g/mol. The zero-order valence-corrected chi connectivity index (χ0v) is 20.0. The van der Waals surface area contributed by atoms with Gasteiger partial charge in [-0.25, -0.2) is 0 Å². The maximum Gasteiger partial charge on any atom is 0.294 e. The number of amides is 2. The number of nitrogens with zero attached hydrogens (tertiary/aromatic N) is 3. The van der Waals surface area contributed by atoms with Crippen LogP contribution in [0.15, 0.2) is 35.0 Å². The van der Waals surface area contributed by atoms with Gasteiger partial charge in [0.2, 0.25) is 5.76 Å². The molecule has 180 valence electrons. The summed E-state index contributed by atoms with van der Waals surface area (Å²) in [6.45, 7) is 9.16. The Bertz CT molecular complexity index is 933. The van der Waals surface area contributed by atoms with Crippen molar-refractivity contribution in [1.29, 1.82) is 0 Å².